The fraction of sp³-hybridized carbons (Fsp3) is 0.308. The topological polar surface area (TPSA) is 59.5 Å². The minimum Gasteiger partial charge on any atom is -0.465 e. The van der Waals surface area contributed by atoms with Crippen LogP contribution in [-0.4, -0.2) is 35.9 Å². The number of hydrogen-bond donors (Lipinski definition) is 0. The molecule has 0 fully saturated rings. The molecular formula is C13H14N2O3. The number of pyridine rings is 1. The highest BCUT2D eigenvalue weighted by atomic mass is 16.5. The van der Waals surface area contributed by atoms with Crippen LogP contribution in [0.4, 0.5) is 0 Å². The van der Waals surface area contributed by atoms with Gasteiger partial charge < -0.3 is 9.64 Å². The highest BCUT2D eigenvalue weighted by Gasteiger charge is 2.09. The molecule has 1 aromatic heterocycles. The maximum Gasteiger partial charge on any atom is 0.339 e. The number of aromatic nitrogens is 1. The monoisotopic (exact) mass is 246 g/mol. The van der Waals surface area contributed by atoms with E-state index in [2.05, 4.69) is 21.6 Å². The van der Waals surface area contributed by atoms with Gasteiger partial charge in [0.25, 0.3) is 5.91 Å². The zero-order valence-electron chi connectivity index (χ0n) is 10.6. The summed E-state index contributed by atoms with van der Waals surface area (Å²) in [6.07, 6.45) is 1.42. The second-order valence-corrected chi connectivity index (χ2v) is 3.57. The van der Waals surface area contributed by atoms with Crippen LogP contribution >= 0.6 is 0 Å². The molecule has 1 aromatic rings. The number of carbonyl (C=O) groups excluding carboxylic acids is 2. The first kappa shape index (κ1) is 13.7. The van der Waals surface area contributed by atoms with E-state index < -0.39 is 5.97 Å². The van der Waals surface area contributed by atoms with Gasteiger partial charge in [0, 0.05) is 13.2 Å². The molecule has 0 saturated carbocycles. The smallest absolute Gasteiger partial charge is 0.339 e. The molecule has 0 saturated heterocycles. The van der Waals surface area contributed by atoms with Crippen molar-refractivity contribution in [3.63, 3.8) is 0 Å². The van der Waals surface area contributed by atoms with Crippen molar-refractivity contribution in [1.29, 1.82) is 0 Å². The summed E-state index contributed by atoms with van der Waals surface area (Å²) < 4.78 is 4.57. The van der Waals surface area contributed by atoms with Gasteiger partial charge in [0.2, 0.25) is 0 Å². The van der Waals surface area contributed by atoms with E-state index in [1.807, 2.05) is 0 Å². The van der Waals surface area contributed by atoms with Crippen molar-refractivity contribution < 1.29 is 14.3 Å². The molecular weight excluding hydrogens is 232 g/mol. The van der Waals surface area contributed by atoms with E-state index in [9.17, 15) is 9.59 Å². The Labute approximate surface area is 106 Å². The molecule has 0 radical (unpaired) electrons. The van der Waals surface area contributed by atoms with Gasteiger partial charge in [-0.1, -0.05) is 5.92 Å². The van der Waals surface area contributed by atoms with Crippen molar-refractivity contribution in [3.05, 3.63) is 29.6 Å². The van der Waals surface area contributed by atoms with Gasteiger partial charge in [-0.2, -0.15) is 0 Å². The van der Waals surface area contributed by atoms with Gasteiger partial charge in [0.05, 0.1) is 24.9 Å². The Morgan fingerprint density at radius 1 is 1.44 bits per heavy atom. The summed E-state index contributed by atoms with van der Waals surface area (Å²) >= 11 is 0. The van der Waals surface area contributed by atoms with Crippen LogP contribution < -0.4 is 0 Å². The Kier molecular flexibility index (Phi) is 4.88. The van der Waals surface area contributed by atoms with Crippen LogP contribution in [0.3, 0.4) is 0 Å². The van der Waals surface area contributed by atoms with Crippen LogP contribution in [0, 0.1) is 11.8 Å². The van der Waals surface area contributed by atoms with E-state index in [1.54, 1.807) is 26.1 Å². The Balaban J connectivity index is 2.71. The first-order valence-corrected chi connectivity index (χ1v) is 5.29. The average molecular weight is 246 g/mol. The molecule has 0 aliphatic carbocycles. The number of nitrogens with zero attached hydrogens (tertiary/aromatic N) is 2. The first-order valence-electron chi connectivity index (χ1n) is 5.29. The minimum atomic E-state index is -0.435. The number of methoxy groups -OCH3 is 1. The molecule has 1 heterocycles. The third-order valence-electron chi connectivity index (χ3n) is 2.22. The van der Waals surface area contributed by atoms with E-state index in [-0.39, 0.29) is 5.91 Å². The summed E-state index contributed by atoms with van der Waals surface area (Å²) in [4.78, 5) is 28.2. The van der Waals surface area contributed by atoms with Gasteiger partial charge in [0.15, 0.2) is 0 Å². The van der Waals surface area contributed by atoms with Crippen LogP contribution in [0.5, 0.6) is 0 Å². The second-order valence-electron chi connectivity index (χ2n) is 3.57. The lowest BCUT2D eigenvalue weighted by Crippen LogP contribution is -2.25. The quantitative estimate of drug-likeness (QED) is 0.586. The Bertz CT molecular complexity index is 497. The van der Waals surface area contributed by atoms with Crippen molar-refractivity contribution in [2.24, 2.45) is 0 Å². The van der Waals surface area contributed by atoms with Crippen LogP contribution in [0.1, 0.15) is 23.0 Å². The third-order valence-corrected chi connectivity index (χ3v) is 2.22. The summed E-state index contributed by atoms with van der Waals surface area (Å²) in [5, 5.41) is 0. The maximum atomic E-state index is 11.4. The van der Waals surface area contributed by atoms with Crippen molar-refractivity contribution >= 4 is 11.9 Å². The Hall–Kier alpha value is -2.35. The fourth-order valence-corrected chi connectivity index (χ4v) is 1.27. The van der Waals surface area contributed by atoms with Crippen LogP contribution in [0.2, 0.25) is 0 Å². The van der Waals surface area contributed by atoms with E-state index in [4.69, 9.17) is 0 Å². The summed E-state index contributed by atoms with van der Waals surface area (Å²) in [5.41, 5.74) is 1.06. The van der Waals surface area contributed by atoms with Gasteiger partial charge in [-0.05, 0) is 25.0 Å². The highest BCUT2D eigenvalue weighted by molar-refractivity contribution is 5.93. The molecule has 0 spiro atoms. The molecule has 0 N–H and O–H groups in total. The molecule has 0 aliphatic rings. The van der Waals surface area contributed by atoms with Gasteiger partial charge in [-0.15, -0.1) is 0 Å². The zero-order chi connectivity index (χ0) is 13.5. The molecule has 0 aliphatic heterocycles. The summed E-state index contributed by atoms with van der Waals surface area (Å²) in [6, 6.07) is 3.29. The zero-order valence-corrected chi connectivity index (χ0v) is 10.6. The number of carbonyl (C=O) groups is 2. The standard InChI is InChI=1S/C13H14N2O3/c1-4-5-12(16)15(2)9-11-7-6-10(8-14-11)13(17)18-3/h6-8H,9H2,1-3H3. The number of rotatable bonds is 3. The molecule has 5 heteroatoms. The molecule has 5 nitrogen and oxygen atoms in total. The Morgan fingerprint density at radius 3 is 2.67 bits per heavy atom. The fourth-order valence-electron chi connectivity index (χ4n) is 1.27. The molecule has 18 heavy (non-hydrogen) atoms. The lowest BCUT2D eigenvalue weighted by atomic mass is 10.2. The number of esters is 1. The van der Waals surface area contributed by atoms with E-state index in [0.717, 1.165) is 0 Å². The lowest BCUT2D eigenvalue weighted by molar-refractivity contribution is -0.124. The lowest BCUT2D eigenvalue weighted by Gasteiger charge is -2.13. The van der Waals surface area contributed by atoms with E-state index in [0.29, 0.717) is 17.8 Å². The van der Waals surface area contributed by atoms with Crippen molar-refractivity contribution in [2.75, 3.05) is 14.2 Å². The minimum absolute atomic E-state index is 0.267. The predicted molar refractivity (Wildman–Crippen MR) is 65.5 cm³/mol. The second kappa shape index (κ2) is 6.40. The molecule has 1 amide bonds. The number of ether oxygens (including phenoxy) is 1. The number of amides is 1. The van der Waals surface area contributed by atoms with Crippen LogP contribution in [-0.2, 0) is 16.1 Å². The van der Waals surface area contributed by atoms with Crippen LogP contribution in [0.25, 0.3) is 0 Å². The van der Waals surface area contributed by atoms with Gasteiger partial charge >= 0.3 is 5.97 Å². The SMILES string of the molecule is CC#CC(=O)N(C)Cc1ccc(C(=O)OC)cn1. The molecule has 0 aromatic carbocycles. The molecule has 0 atom stereocenters. The van der Waals surface area contributed by atoms with E-state index >= 15 is 0 Å². The van der Waals surface area contributed by atoms with Crippen molar-refractivity contribution in [1.82, 2.24) is 9.88 Å². The summed E-state index contributed by atoms with van der Waals surface area (Å²) in [5.74, 6) is 4.28. The largest absolute Gasteiger partial charge is 0.465 e. The normalized spacial score (nSPS) is 9.06. The Morgan fingerprint density at radius 2 is 2.17 bits per heavy atom. The average Bonchev–Trinajstić information content (AvgIpc) is 2.39. The van der Waals surface area contributed by atoms with Gasteiger partial charge in [0.1, 0.15) is 0 Å². The predicted octanol–water partition coefficient (Wildman–Crippen LogP) is 0.850. The van der Waals surface area contributed by atoms with Crippen molar-refractivity contribution in [2.45, 2.75) is 13.5 Å². The summed E-state index contributed by atoms with van der Waals surface area (Å²) in [7, 11) is 2.95. The van der Waals surface area contributed by atoms with Crippen LogP contribution in [0.15, 0.2) is 18.3 Å². The maximum absolute atomic E-state index is 11.4. The first-order chi connectivity index (χ1) is 8.58. The third kappa shape index (κ3) is 3.59. The molecule has 0 unspecified atom stereocenters. The van der Waals surface area contributed by atoms with E-state index in [1.165, 1.54) is 18.2 Å². The number of hydrogen-bond acceptors (Lipinski definition) is 4. The van der Waals surface area contributed by atoms with Gasteiger partial charge in [-0.25, -0.2) is 4.79 Å². The van der Waals surface area contributed by atoms with Crippen molar-refractivity contribution in [3.8, 4) is 11.8 Å². The highest BCUT2D eigenvalue weighted by Crippen LogP contribution is 2.04. The molecule has 94 valence electrons. The molecule has 1 rings (SSSR count). The molecule has 0 bridgehead atoms. The van der Waals surface area contributed by atoms with Gasteiger partial charge in [-0.3, -0.25) is 9.78 Å². The summed E-state index contributed by atoms with van der Waals surface area (Å²) in [6.45, 7) is 1.95.